The maximum Gasteiger partial charge on any atom is 0.326 e. The number of carbonyl (C=O) groups is 4. The fraction of sp³-hybridized carbons (Fsp3) is 0.377. The minimum Gasteiger partial charge on any atom is -0.497 e. The molecule has 5 heterocycles. The molecule has 5 amide bonds. The molecular formula is C61H66Cl2FN11O7. The zero-order chi connectivity index (χ0) is 58.2. The number of halogens is 3. The molecule has 0 saturated carbocycles. The van der Waals surface area contributed by atoms with E-state index in [0.29, 0.717) is 87.8 Å². The average molecular weight is 1160 g/mol. The number of fused-ring (bicyclic) bond motifs is 5. The van der Waals surface area contributed by atoms with Crippen LogP contribution in [0.2, 0.25) is 10.0 Å². The molecule has 3 aliphatic heterocycles. The summed E-state index contributed by atoms with van der Waals surface area (Å²) in [5.41, 5.74) is 10.6. The molecule has 428 valence electrons. The van der Waals surface area contributed by atoms with Gasteiger partial charge in [-0.3, -0.25) is 29.0 Å². The topological polar surface area (TPSA) is 214 Å². The smallest absolute Gasteiger partial charge is 0.326 e. The Kier molecular flexibility index (Phi) is 18.6. The number of anilines is 1. The highest BCUT2D eigenvalue weighted by Crippen LogP contribution is 2.46. The first-order valence-corrected chi connectivity index (χ1v) is 28.3. The van der Waals surface area contributed by atoms with Gasteiger partial charge in [0.15, 0.2) is 11.6 Å². The largest absolute Gasteiger partial charge is 0.497 e. The number of hydrogen-bond donors (Lipinski definition) is 2. The van der Waals surface area contributed by atoms with Gasteiger partial charge in [0.1, 0.15) is 53.6 Å². The van der Waals surface area contributed by atoms with Gasteiger partial charge < -0.3 is 40.0 Å². The lowest BCUT2D eigenvalue weighted by molar-refractivity contribution is -0.135. The number of aliphatic imine (C=N–C) groups is 1. The fourth-order valence-electron chi connectivity index (χ4n) is 10.7. The van der Waals surface area contributed by atoms with Crippen molar-refractivity contribution in [1.29, 1.82) is 5.26 Å². The second kappa shape index (κ2) is 26.1. The van der Waals surface area contributed by atoms with Gasteiger partial charge in [0, 0.05) is 84.2 Å². The van der Waals surface area contributed by atoms with Gasteiger partial charge >= 0.3 is 6.03 Å². The van der Waals surface area contributed by atoms with Gasteiger partial charge in [-0.05, 0) is 105 Å². The number of aromatic nitrogens is 3. The summed E-state index contributed by atoms with van der Waals surface area (Å²) in [5, 5.41) is 19.3. The third kappa shape index (κ3) is 13.2. The van der Waals surface area contributed by atoms with Crippen LogP contribution < -0.4 is 25.3 Å². The molecule has 1 saturated heterocycles. The minimum atomic E-state index is -0.767. The fourth-order valence-corrected chi connectivity index (χ4v) is 10.9. The van der Waals surface area contributed by atoms with Crippen molar-refractivity contribution in [1.82, 2.24) is 39.7 Å². The van der Waals surface area contributed by atoms with E-state index in [4.69, 9.17) is 53.2 Å². The predicted molar refractivity (Wildman–Crippen MR) is 310 cm³/mol. The van der Waals surface area contributed by atoms with Gasteiger partial charge in [-0.2, -0.15) is 10.4 Å². The standard InChI is InChI=1S/C61H66Cl2FN11O7/c1-37(2)81-51-32-45(80-5)22-24-47(51)59-69-56(39-13-17-42(62)18-14-39)57(40-15-19-43(63)20-16-40)75(59)61(79)73-29-28-72(54(77)36-73)26-11-9-7-6-8-10-12-53(76)67-25-27-74-50(33-65)55-41-30-52(58(66)68-34-41)82-38(3)48-31-44(64)21-23-46(48)60(78)71(4)35-49(55)70-74/h13-24,30-32,34,37-38,56-57H,6-12,25-29,35-36H2,1-5H3,(H2,66,68)(H,67,76)/t38-,56-,57+/m1/s1. The van der Waals surface area contributed by atoms with Crippen molar-refractivity contribution in [3.05, 3.63) is 152 Å². The van der Waals surface area contributed by atoms with E-state index in [9.17, 15) is 24.0 Å². The van der Waals surface area contributed by atoms with Crippen LogP contribution in [0.3, 0.4) is 0 Å². The number of amides is 5. The predicted octanol–water partition coefficient (Wildman–Crippen LogP) is 10.7. The molecule has 2 aromatic heterocycles. The second-order valence-electron chi connectivity index (χ2n) is 20.9. The van der Waals surface area contributed by atoms with Crippen LogP contribution in [0.25, 0.3) is 11.1 Å². The quantitative estimate of drug-likeness (QED) is 0.0772. The molecule has 0 radical (unpaired) electrons. The number of unbranched alkanes of at least 4 members (excludes halogenated alkanes) is 5. The number of nitrogens with one attached hydrogen (secondary N) is 1. The number of urea groups is 1. The number of amidine groups is 1. The van der Waals surface area contributed by atoms with E-state index < -0.39 is 24.0 Å². The van der Waals surface area contributed by atoms with Crippen molar-refractivity contribution in [2.75, 3.05) is 52.6 Å². The third-order valence-electron chi connectivity index (χ3n) is 14.8. The number of piperazine rings is 1. The van der Waals surface area contributed by atoms with E-state index in [1.807, 2.05) is 55.1 Å². The Morgan fingerprint density at radius 1 is 0.890 bits per heavy atom. The zero-order valence-corrected chi connectivity index (χ0v) is 48.1. The van der Waals surface area contributed by atoms with Gasteiger partial charge in [0.2, 0.25) is 11.8 Å². The second-order valence-corrected chi connectivity index (χ2v) is 21.8. The number of carbonyl (C=O) groups excluding carboxylic acids is 4. The molecule has 82 heavy (non-hydrogen) atoms. The molecule has 4 aromatic carbocycles. The van der Waals surface area contributed by atoms with Crippen molar-refractivity contribution in [2.24, 2.45) is 4.99 Å². The third-order valence-corrected chi connectivity index (χ3v) is 15.3. The molecule has 2 bridgehead atoms. The van der Waals surface area contributed by atoms with Crippen LogP contribution in [0.5, 0.6) is 17.2 Å². The van der Waals surface area contributed by atoms with Gasteiger partial charge in [-0.25, -0.2) is 14.2 Å². The first-order valence-electron chi connectivity index (χ1n) is 27.5. The van der Waals surface area contributed by atoms with E-state index in [1.54, 1.807) is 67.3 Å². The number of nitrogens with two attached hydrogens (primary N) is 1. The Bertz CT molecular complexity index is 3410. The Labute approximate surface area is 486 Å². The number of benzene rings is 4. The van der Waals surface area contributed by atoms with Crippen LogP contribution in [-0.4, -0.2) is 117 Å². The number of pyridine rings is 1. The Morgan fingerprint density at radius 3 is 2.28 bits per heavy atom. The van der Waals surface area contributed by atoms with E-state index in [1.165, 1.54) is 34.0 Å². The summed E-state index contributed by atoms with van der Waals surface area (Å²) >= 11 is 12.7. The molecule has 3 N–H and O–H groups in total. The number of nitriles is 1. The first-order chi connectivity index (χ1) is 39.5. The molecule has 3 atom stereocenters. The lowest BCUT2D eigenvalue weighted by Gasteiger charge is -2.38. The Hall–Kier alpha value is -8.21. The van der Waals surface area contributed by atoms with E-state index in [2.05, 4.69) is 16.4 Å². The normalized spacial score (nSPS) is 17.1. The highest BCUT2D eigenvalue weighted by molar-refractivity contribution is 6.30. The summed E-state index contributed by atoms with van der Waals surface area (Å²) in [7, 11) is 3.19. The molecule has 6 aromatic rings. The van der Waals surface area contributed by atoms with Crippen LogP contribution >= 0.6 is 23.2 Å². The van der Waals surface area contributed by atoms with E-state index in [-0.39, 0.29) is 78.9 Å². The van der Waals surface area contributed by atoms with Crippen molar-refractivity contribution >= 4 is 58.6 Å². The van der Waals surface area contributed by atoms with Crippen molar-refractivity contribution < 1.29 is 37.8 Å². The summed E-state index contributed by atoms with van der Waals surface area (Å²) in [6.45, 7) is 7.13. The van der Waals surface area contributed by atoms with Crippen LogP contribution in [-0.2, 0) is 22.7 Å². The molecule has 9 rings (SSSR count). The van der Waals surface area contributed by atoms with Gasteiger partial charge in [0.25, 0.3) is 5.91 Å². The number of ether oxygens (including phenoxy) is 3. The SMILES string of the molecule is COc1ccc(C2=N[C@H](c3ccc(Cl)cc3)[C@H](c3ccc(Cl)cc3)N2C(=O)N2CCN(CCCCCCCCC(=O)NCCn3nc4c(c3C#N)-c3cnc(N)c(c3)O[C@H](C)c3cc(F)ccc3C(=O)N(C)C4)C(=O)C2)c(OC(C)C)c1. The lowest BCUT2D eigenvalue weighted by Crippen LogP contribution is -2.56. The molecule has 21 heteroatoms. The summed E-state index contributed by atoms with van der Waals surface area (Å²) in [6.07, 6.45) is 5.97. The molecular weight excluding hydrogens is 1090 g/mol. The number of hydrogen-bond acceptors (Lipinski definition) is 12. The number of methoxy groups -OCH3 is 1. The van der Waals surface area contributed by atoms with E-state index >= 15 is 4.79 Å². The van der Waals surface area contributed by atoms with Crippen molar-refractivity contribution in [3.63, 3.8) is 0 Å². The maximum absolute atomic E-state index is 15.1. The summed E-state index contributed by atoms with van der Waals surface area (Å²) in [4.78, 5) is 72.0. The first kappa shape index (κ1) is 58.4. The van der Waals surface area contributed by atoms with Gasteiger partial charge in [-0.1, -0.05) is 73.2 Å². The molecule has 0 spiro atoms. The molecule has 0 unspecified atom stereocenters. The summed E-state index contributed by atoms with van der Waals surface area (Å²) < 4.78 is 34.0. The highest BCUT2D eigenvalue weighted by atomic mass is 35.5. The monoisotopic (exact) mass is 1150 g/mol. The van der Waals surface area contributed by atoms with Gasteiger partial charge in [0.05, 0.1) is 43.6 Å². The molecule has 0 aliphatic carbocycles. The van der Waals surface area contributed by atoms with Crippen LogP contribution in [0.4, 0.5) is 15.0 Å². The molecule has 18 nitrogen and oxygen atoms in total. The van der Waals surface area contributed by atoms with Gasteiger partial charge in [-0.15, -0.1) is 0 Å². The molecule has 3 aliphatic rings. The minimum absolute atomic E-state index is 0.0200. The number of rotatable bonds is 18. The zero-order valence-electron chi connectivity index (χ0n) is 46.5. The van der Waals surface area contributed by atoms with Crippen molar-refractivity contribution in [2.45, 2.75) is 103 Å². The Morgan fingerprint density at radius 2 is 1.59 bits per heavy atom. The van der Waals surface area contributed by atoms with Crippen LogP contribution in [0.1, 0.15) is 128 Å². The summed E-state index contributed by atoms with van der Waals surface area (Å²) in [5.74, 6) is 0.598. The highest BCUT2D eigenvalue weighted by Gasteiger charge is 2.46. The average Bonchev–Trinajstić information content (AvgIpc) is 4.10. The van der Waals surface area contributed by atoms with Crippen LogP contribution in [0.15, 0.2) is 102 Å². The Balaban J connectivity index is 0.761. The lowest BCUT2D eigenvalue weighted by atomic mass is 9.93. The van der Waals surface area contributed by atoms with E-state index in [0.717, 1.165) is 43.2 Å². The molecule has 1 fully saturated rings. The number of nitrogens with zero attached hydrogens (tertiary/aromatic N) is 9. The van der Waals surface area contributed by atoms with Crippen molar-refractivity contribution in [3.8, 4) is 34.4 Å². The van der Waals surface area contributed by atoms with Crippen LogP contribution in [0, 0.1) is 17.1 Å². The maximum atomic E-state index is 15.1. The summed E-state index contributed by atoms with van der Waals surface area (Å²) in [6, 6.07) is 26.6. The number of nitrogen functional groups attached to an aromatic ring is 1.